The second-order valence-electron chi connectivity index (χ2n) is 7.71. The lowest BCUT2D eigenvalue weighted by atomic mass is 10.1. The van der Waals surface area contributed by atoms with Gasteiger partial charge in [0.15, 0.2) is 0 Å². The summed E-state index contributed by atoms with van der Waals surface area (Å²) in [7, 11) is 0. The van der Waals surface area contributed by atoms with Crippen LogP contribution in [-0.2, 0) is 13.0 Å². The van der Waals surface area contributed by atoms with Gasteiger partial charge in [-0.05, 0) is 61.7 Å². The van der Waals surface area contributed by atoms with E-state index in [0.717, 1.165) is 42.0 Å². The van der Waals surface area contributed by atoms with Crippen LogP contribution in [0.3, 0.4) is 0 Å². The van der Waals surface area contributed by atoms with Crippen molar-refractivity contribution in [3.8, 4) is 0 Å². The summed E-state index contributed by atoms with van der Waals surface area (Å²) in [5.41, 5.74) is 10.4. The van der Waals surface area contributed by atoms with Crippen molar-refractivity contribution in [2.45, 2.75) is 32.4 Å². The normalized spacial score (nSPS) is 18.8. The predicted molar refractivity (Wildman–Crippen MR) is 130 cm³/mol. The Hall–Kier alpha value is -2.57. The van der Waals surface area contributed by atoms with E-state index in [1.54, 1.807) is 0 Å². The molecule has 0 radical (unpaired) electrons. The number of hydrogen-bond acceptors (Lipinski definition) is 5. The van der Waals surface area contributed by atoms with Crippen LogP contribution < -0.4 is 11.1 Å². The number of thiol groups is 1. The maximum absolute atomic E-state index is 7.35. The van der Waals surface area contributed by atoms with E-state index in [1.165, 1.54) is 24.4 Å². The molecule has 1 fully saturated rings. The van der Waals surface area contributed by atoms with E-state index in [-0.39, 0.29) is 0 Å². The Morgan fingerprint density at radius 3 is 2.70 bits per heavy atom. The maximum atomic E-state index is 7.35. The van der Waals surface area contributed by atoms with Crippen molar-refractivity contribution < 1.29 is 0 Å². The summed E-state index contributed by atoms with van der Waals surface area (Å²) in [5.74, 6) is 1.61. The van der Waals surface area contributed by atoms with Crippen LogP contribution in [-0.4, -0.2) is 34.1 Å². The number of aromatic nitrogens is 2. The summed E-state index contributed by atoms with van der Waals surface area (Å²) < 4.78 is 2.27. The van der Waals surface area contributed by atoms with Crippen molar-refractivity contribution in [1.82, 2.24) is 14.9 Å². The highest BCUT2D eigenvalue weighted by molar-refractivity contribution is 7.80. The van der Waals surface area contributed by atoms with E-state index in [1.807, 2.05) is 18.2 Å². The standard InChI is InChI=1S/C16H21N5.C8H10S/c1-11-6-12(9-19-11)10-21-5-4-15-16(21)3-2-14(20-15)13(7-17)8-18;9-7-6-8-4-2-1-3-5-8/h2-5,7-8,11-12,17,19H,6,9-10,18H2,1H3;1-5,9H,6-7H2/b13-8+,17-7?;. The van der Waals surface area contributed by atoms with Crippen molar-refractivity contribution in [2.75, 3.05) is 12.3 Å². The Bertz CT molecular complexity index is 980. The molecule has 1 saturated heterocycles. The van der Waals surface area contributed by atoms with Crippen molar-refractivity contribution >= 4 is 35.4 Å². The Balaban J connectivity index is 0.000000239. The molecule has 0 bridgehead atoms. The van der Waals surface area contributed by atoms with Gasteiger partial charge in [-0.2, -0.15) is 12.6 Å². The molecule has 4 N–H and O–H groups in total. The molecule has 0 aliphatic carbocycles. The predicted octanol–water partition coefficient (Wildman–Crippen LogP) is 4.14. The Labute approximate surface area is 184 Å². The fourth-order valence-corrected chi connectivity index (χ4v) is 4.09. The van der Waals surface area contributed by atoms with Crippen molar-refractivity contribution in [1.29, 1.82) is 5.41 Å². The molecule has 1 aliphatic rings. The van der Waals surface area contributed by atoms with Crippen LogP contribution in [0.4, 0.5) is 0 Å². The van der Waals surface area contributed by atoms with Crippen LogP contribution in [0.2, 0.25) is 0 Å². The molecule has 0 spiro atoms. The van der Waals surface area contributed by atoms with Crippen LogP contribution in [0.1, 0.15) is 24.6 Å². The first kappa shape index (κ1) is 22.1. The lowest BCUT2D eigenvalue weighted by Crippen LogP contribution is -2.17. The lowest BCUT2D eigenvalue weighted by molar-refractivity contribution is 0.483. The first-order chi connectivity index (χ1) is 14.6. The van der Waals surface area contributed by atoms with Gasteiger partial charge in [0, 0.05) is 36.8 Å². The fourth-order valence-electron chi connectivity index (χ4n) is 3.83. The van der Waals surface area contributed by atoms with Crippen LogP contribution in [0.5, 0.6) is 0 Å². The van der Waals surface area contributed by atoms with E-state index in [0.29, 0.717) is 17.5 Å². The summed E-state index contributed by atoms with van der Waals surface area (Å²) in [6, 6.07) is 17.0. The largest absolute Gasteiger partial charge is 0.404 e. The van der Waals surface area contributed by atoms with Gasteiger partial charge in [0.2, 0.25) is 0 Å². The highest BCUT2D eigenvalue weighted by Crippen LogP contribution is 2.21. The number of hydrogen-bond donors (Lipinski definition) is 4. The highest BCUT2D eigenvalue weighted by atomic mass is 32.1. The molecule has 2 atom stereocenters. The molecule has 4 rings (SSSR count). The zero-order valence-corrected chi connectivity index (χ0v) is 18.4. The monoisotopic (exact) mass is 421 g/mol. The molecule has 0 amide bonds. The molecular formula is C24H31N5S. The van der Waals surface area contributed by atoms with E-state index in [9.17, 15) is 0 Å². The average Bonchev–Trinajstić information content (AvgIpc) is 3.36. The number of benzene rings is 1. The first-order valence-corrected chi connectivity index (χ1v) is 11.0. The molecule has 0 saturated carbocycles. The minimum absolute atomic E-state index is 0.617. The number of rotatable bonds is 6. The summed E-state index contributed by atoms with van der Waals surface area (Å²) in [4.78, 5) is 4.59. The van der Waals surface area contributed by atoms with Gasteiger partial charge < -0.3 is 21.0 Å². The summed E-state index contributed by atoms with van der Waals surface area (Å²) in [6.07, 6.45) is 7.05. The van der Waals surface area contributed by atoms with Gasteiger partial charge in [0.25, 0.3) is 0 Å². The number of aryl methyl sites for hydroxylation is 1. The Morgan fingerprint density at radius 2 is 2.07 bits per heavy atom. The number of nitrogens with zero attached hydrogens (tertiary/aromatic N) is 2. The minimum atomic E-state index is 0.617. The Morgan fingerprint density at radius 1 is 1.27 bits per heavy atom. The summed E-state index contributed by atoms with van der Waals surface area (Å²) >= 11 is 4.13. The van der Waals surface area contributed by atoms with Crippen LogP contribution in [0, 0.1) is 11.3 Å². The molecular weight excluding hydrogens is 390 g/mol. The van der Waals surface area contributed by atoms with Gasteiger partial charge in [-0.1, -0.05) is 30.3 Å². The number of allylic oxidation sites excluding steroid dienone is 1. The Kier molecular flexibility index (Phi) is 8.11. The molecule has 2 aromatic heterocycles. The van der Waals surface area contributed by atoms with Gasteiger partial charge in [0.05, 0.1) is 16.7 Å². The van der Waals surface area contributed by atoms with E-state index in [4.69, 9.17) is 11.1 Å². The first-order valence-electron chi connectivity index (χ1n) is 10.4. The van der Waals surface area contributed by atoms with Crippen molar-refractivity contribution in [3.63, 3.8) is 0 Å². The zero-order valence-electron chi connectivity index (χ0n) is 17.5. The molecule has 30 heavy (non-hydrogen) atoms. The molecule has 1 aliphatic heterocycles. The topological polar surface area (TPSA) is 79.7 Å². The molecule has 2 unspecified atom stereocenters. The molecule has 158 valence electrons. The molecule has 3 aromatic rings. The number of nitrogens with one attached hydrogen (secondary N) is 2. The maximum Gasteiger partial charge on any atom is 0.0888 e. The molecule has 1 aromatic carbocycles. The van der Waals surface area contributed by atoms with Crippen LogP contribution >= 0.6 is 12.6 Å². The molecule has 6 heteroatoms. The summed E-state index contributed by atoms with van der Waals surface area (Å²) in [6.45, 7) is 4.34. The van der Waals surface area contributed by atoms with E-state index >= 15 is 0 Å². The quantitative estimate of drug-likeness (QED) is 0.357. The average molecular weight is 422 g/mol. The summed E-state index contributed by atoms with van der Waals surface area (Å²) in [5, 5.41) is 10.8. The van der Waals surface area contributed by atoms with Gasteiger partial charge in [0.1, 0.15) is 0 Å². The number of nitrogens with two attached hydrogens (primary N) is 1. The second-order valence-corrected chi connectivity index (χ2v) is 8.15. The number of fused-ring (bicyclic) bond motifs is 1. The second kappa shape index (κ2) is 11.0. The van der Waals surface area contributed by atoms with Crippen molar-refractivity contribution in [3.05, 3.63) is 72.2 Å². The third-order valence-corrected chi connectivity index (χ3v) is 5.62. The van der Waals surface area contributed by atoms with Gasteiger partial charge >= 0.3 is 0 Å². The van der Waals surface area contributed by atoms with Crippen molar-refractivity contribution in [2.24, 2.45) is 11.7 Å². The third-order valence-electron chi connectivity index (χ3n) is 5.40. The third kappa shape index (κ3) is 5.74. The SMILES string of the molecule is CC1CC(Cn2ccc3nc(/C(C=N)=C/N)ccc32)CN1.SCCc1ccccc1. The van der Waals surface area contributed by atoms with Crippen LogP contribution in [0.15, 0.2) is 60.9 Å². The minimum Gasteiger partial charge on any atom is -0.404 e. The van der Waals surface area contributed by atoms with E-state index < -0.39 is 0 Å². The smallest absolute Gasteiger partial charge is 0.0888 e. The molecule has 5 nitrogen and oxygen atoms in total. The highest BCUT2D eigenvalue weighted by Gasteiger charge is 2.21. The van der Waals surface area contributed by atoms with Gasteiger partial charge in [-0.25, -0.2) is 4.98 Å². The van der Waals surface area contributed by atoms with Gasteiger partial charge in [-0.15, -0.1) is 0 Å². The lowest BCUT2D eigenvalue weighted by Gasteiger charge is -2.11. The van der Waals surface area contributed by atoms with Crippen LogP contribution in [0.25, 0.3) is 16.6 Å². The van der Waals surface area contributed by atoms with Gasteiger partial charge in [-0.3, -0.25) is 0 Å². The zero-order chi connectivity index (χ0) is 21.3. The molecule has 3 heterocycles. The number of pyridine rings is 1. The van der Waals surface area contributed by atoms with E-state index in [2.05, 4.69) is 70.9 Å². The fraction of sp³-hybridized carbons (Fsp3) is 0.333.